The molecule has 0 spiro atoms. The van der Waals surface area contributed by atoms with Crippen LogP contribution in [0.25, 0.3) is 0 Å². The minimum Gasteiger partial charge on any atom is -0.459 e. The third kappa shape index (κ3) is 6.07. The molecule has 0 aromatic heterocycles. The predicted octanol–water partition coefficient (Wildman–Crippen LogP) is 3.58. The number of halogens is 2. The summed E-state index contributed by atoms with van der Waals surface area (Å²) in [7, 11) is 0. The highest BCUT2D eigenvalue weighted by Crippen LogP contribution is 2.35. The van der Waals surface area contributed by atoms with Gasteiger partial charge in [-0.05, 0) is 31.5 Å². The molecule has 6 nitrogen and oxygen atoms in total. The normalized spacial score (nSPS) is 20.2. The fourth-order valence-electron chi connectivity index (χ4n) is 3.20. The van der Waals surface area contributed by atoms with Gasteiger partial charge in [-0.1, -0.05) is 48.5 Å². The first-order valence-corrected chi connectivity index (χ1v) is 9.94. The van der Waals surface area contributed by atoms with Crippen LogP contribution < -0.4 is 0 Å². The second-order valence-electron chi connectivity index (χ2n) is 7.74. The lowest BCUT2D eigenvalue weighted by atomic mass is 10.0. The first kappa shape index (κ1) is 23.3. The van der Waals surface area contributed by atoms with Gasteiger partial charge in [0.1, 0.15) is 12.7 Å². The smallest absolute Gasteiger partial charge is 0.338 e. The zero-order chi connectivity index (χ0) is 22.5. The van der Waals surface area contributed by atoms with Crippen molar-refractivity contribution >= 4 is 5.97 Å². The molecular formula is C23H26F2O6. The van der Waals surface area contributed by atoms with E-state index in [9.17, 15) is 9.90 Å². The molecule has 168 valence electrons. The summed E-state index contributed by atoms with van der Waals surface area (Å²) < 4.78 is 51.9. The lowest BCUT2D eigenvalue weighted by Gasteiger charge is -2.33. The summed E-state index contributed by atoms with van der Waals surface area (Å²) in [5.74, 6) is -5.64. The number of hydrogen-bond donors (Lipinski definition) is 1. The molecule has 2 aromatic carbocycles. The maximum absolute atomic E-state index is 15.2. The molecule has 3 rings (SSSR count). The first-order valence-electron chi connectivity index (χ1n) is 9.94. The summed E-state index contributed by atoms with van der Waals surface area (Å²) >= 11 is 0. The van der Waals surface area contributed by atoms with Gasteiger partial charge in [-0.3, -0.25) is 0 Å². The highest BCUT2D eigenvalue weighted by molar-refractivity contribution is 5.89. The van der Waals surface area contributed by atoms with Crippen LogP contribution in [0, 0.1) is 0 Å². The quantitative estimate of drug-likeness (QED) is 0.606. The van der Waals surface area contributed by atoms with Crippen LogP contribution in [-0.2, 0) is 25.6 Å². The van der Waals surface area contributed by atoms with Gasteiger partial charge in [0, 0.05) is 0 Å². The third-order valence-electron chi connectivity index (χ3n) is 4.85. The minimum absolute atomic E-state index is 0.113. The van der Waals surface area contributed by atoms with Gasteiger partial charge in [0.2, 0.25) is 0 Å². The van der Waals surface area contributed by atoms with E-state index in [4.69, 9.17) is 18.9 Å². The van der Waals surface area contributed by atoms with Gasteiger partial charge in [0.05, 0.1) is 18.8 Å². The van der Waals surface area contributed by atoms with Crippen LogP contribution in [-0.4, -0.2) is 54.3 Å². The van der Waals surface area contributed by atoms with Crippen LogP contribution in [0.15, 0.2) is 60.7 Å². The minimum atomic E-state index is -3.78. The lowest BCUT2D eigenvalue weighted by molar-refractivity contribution is -0.242. The van der Waals surface area contributed by atoms with Crippen LogP contribution in [0.1, 0.15) is 29.8 Å². The Hall–Kier alpha value is -2.39. The van der Waals surface area contributed by atoms with Gasteiger partial charge in [-0.15, -0.1) is 0 Å². The summed E-state index contributed by atoms with van der Waals surface area (Å²) in [6.45, 7) is 2.08. The van der Waals surface area contributed by atoms with Gasteiger partial charge >= 0.3 is 11.9 Å². The first-order chi connectivity index (χ1) is 14.7. The zero-order valence-electron chi connectivity index (χ0n) is 17.4. The van der Waals surface area contributed by atoms with Crippen molar-refractivity contribution in [3.05, 3.63) is 71.8 Å². The Kier molecular flexibility index (Phi) is 7.38. The van der Waals surface area contributed by atoms with Crippen molar-refractivity contribution in [1.29, 1.82) is 0 Å². The van der Waals surface area contributed by atoms with Crippen LogP contribution >= 0.6 is 0 Å². The molecule has 1 saturated heterocycles. The Morgan fingerprint density at radius 3 is 2.35 bits per heavy atom. The van der Waals surface area contributed by atoms with Gasteiger partial charge in [-0.2, -0.15) is 0 Å². The Morgan fingerprint density at radius 1 is 1.16 bits per heavy atom. The molecule has 0 amide bonds. The zero-order valence-corrected chi connectivity index (χ0v) is 17.4. The van der Waals surface area contributed by atoms with Crippen LogP contribution in [0.2, 0.25) is 0 Å². The van der Waals surface area contributed by atoms with Gasteiger partial charge in [-0.25, -0.2) is 13.6 Å². The van der Waals surface area contributed by atoms with Crippen molar-refractivity contribution in [2.75, 3.05) is 13.2 Å². The Labute approximate surface area is 179 Å². The fraction of sp³-hybridized carbons (Fsp3) is 0.435. The Balaban J connectivity index is 1.69. The van der Waals surface area contributed by atoms with Gasteiger partial charge < -0.3 is 24.1 Å². The van der Waals surface area contributed by atoms with Crippen molar-refractivity contribution in [3.8, 4) is 0 Å². The van der Waals surface area contributed by atoms with E-state index in [0.717, 1.165) is 0 Å². The maximum Gasteiger partial charge on any atom is 0.338 e. The van der Waals surface area contributed by atoms with Crippen molar-refractivity contribution in [3.63, 3.8) is 0 Å². The molecule has 1 aliphatic rings. The Bertz CT molecular complexity index is 844. The molecule has 0 radical (unpaired) electrons. The largest absolute Gasteiger partial charge is 0.459 e. The molecule has 1 heterocycles. The molecule has 0 bridgehead atoms. The molecule has 3 unspecified atom stereocenters. The SMILES string of the molecule is CC1(C)OCC(C(OCc2ccccc2)C(F)(F)C(O)COC(=O)c2ccccc2)O1. The topological polar surface area (TPSA) is 74.2 Å². The number of carbonyl (C=O) groups excluding carboxylic acids is 1. The number of esters is 1. The summed E-state index contributed by atoms with van der Waals surface area (Å²) in [5.41, 5.74) is 0.885. The van der Waals surface area contributed by atoms with E-state index in [0.29, 0.717) is 5.56 Å². The summed E-state index contributed by atoms with van der Waals surface area (Å²) in [6, 6.07) is 16.7. The molecular weight excluding hydrogens is 410 g/mol. The third-order valence-corrected chi connectivity index (χ3v) is 4.85. The van der Waals surface area contributed by atoms with Gasteiger partial charge in [0.25, 0.3) is 0 Å². The number of alkyl halides is 2. The van der Waals surface area contributed by atoms with Crippen molar-refractivity contribution in [2.45, 2.75) is 50.5 Å². The average Bonchev–Trinajstić information content (AvgIpc) is 3.12. The number of ether oxygens (including phenoxy) is 4. The fourth-order valence-corrected chi connectivity index (χ4v) is 3.20. The summed E-state index contributed by atoms with van der Waals surface area (Å²) in [6.07, 6.45) is -5.23. The number of carbonyl (C=O) groups is 1. The molecule has 3 atom stereocenters. The molecule has 1 N–H and O–H groups in total. The highest BCUT2D eigenvalue weighted by Gasteiger charge is 2.55. The number of aliphatic hydroxyl groups excluding tert-OH is 1. The van der Waals surface area contributed by atoms with Crippen LogP contribution in [0.4, 0.5) is 8.78 Å². The van der Waals surface area contributed by atoms with Gasteiger partial charge in [0.15, 0.2) is 18.0 Å². The summed E-state index contributed by atoms with van der Waals surface area (Å²) in [4.78, 5) is 12.0. The highest BCUT2D eigenvalue weighted by atomic mass is 19.3. The Morgan fingerprint density at radius 2 is 1.77 bits per heavy atom. The number of benzene rings is 2. The average molecular weight is 436 g/mol. The van der Waals surface area contributed by atoms with Crippen molar-refractivity contribution in [2.24, 2.45) is 0 Å². The van der Waals surface area contributed by atoms with Crippen LogP contribution in [0.3, 0.4) is 0 Å². The van der Waals surface area contributed by atoms with E-state index in [-0.39, 0.29) is 18.8 Å². The van der Waals surface area contributed by atoms with Crippen molar-refractivity contribution in [1.82, 2.24) is 0 Å². The standard InChI is InChI=1S/C23H26F2O6/c1-22(2)30-14-18(31-22)20(28-13-16-9-5-3-6-10-16)23(24,25)19(26)15-29-21(27)17-11-7-4-8-12-17/h3-12,18-20,26H,13-15H2,1-2H3. The molecule has 2 aromatic rings. The number of hydrogen-bond acceptors (Lipinski definition) is 6. The van der Waals surface area contributed by atoms with E-state index in [1.807, 2.05) is 0 Å². The molecule has 31 heavy (non-hydrogen) atoms. The second kappa shape index (κ2) is 9.82. The monoisotopic (exact) mass is 436 g/mol. The molecule has 0 aliphatic carbocycles. The van der Waals surface area contributed by atoms with E-state index in [1.54, 1.807) is 62.4 Å². The molecule has 1 aliphatic heterocycles. The number of aliphatic hydroxyl groups is 1. The number of rotatable bonds is 9. The van der Waals surface area contributed by atoms with Crippen molar-refractivity contribution < 1.29 is 37.6 Å². The molecule has 0 saturated carbocycles. The molecule has 1 fully saturated rings. The van der Waals surface area contributed by atoms with E-state index in [1.165, 1.54) is 12.1 Å². The van der Waals surface area contributed by atoms with Crippen LogP contribution in [0.5, 0.6) is 0 Å². The van der Waals surface area contributed by atoms with E-state index >= 15 is 8.78 Å². The second-order valence-corrected chi connectivity index (χ2v) is 7.74. The molecule has 8 heteroatoms. The lowest BCUT2D eigenvalue weighted by Crippen LogP contribution is -2.54. The maximum atomic E-state index is 15.2. The van der Waals surface area contributed by atoms with E-state index in [2.05, 4.69) is 0 Å². The van der Waals surface area contributed by atoms with E-state index < -0.39 is 42.6 Å². The predicted molar refractivity (Wildman–Crippen MR) is 108 cm³/mol. The summed E-state index contributed by atoms with van der Waals surface area (Å²) in [5, 5.41) is 10.2.